The summed E-state index contributed by atoms with van der Waals surface area (Å²) in [6, 6.07) is 38.7. The third kappa shape index (κ3) is 5.57. The van der Waals surface area contributed by atoms with E-state index in [0.717, 1.165) is 17.0 Å². The maximum Gasteiger partial charge on any atom is 0.153 e. The highest BCUT2D eigenvalue weighted by molar-refractivity contribution is 6.20. The monoisotopic (exact) mass is 504 g/mol. The van der Waals surface area contributed by atoms with Crippen molar-refractivity contribution in [2.45, 2.75) is 45.7 Å². The molecule has 0 amide bonds. The van der Waals surface area contributed by atoms with Gasteiger partial charge in [0.2, 0.25) is 0 Å². The molecular formula is C34H40N4. The van der Waals surface area contributed by atoms with Crippen LogP contribution in [0.5, 0.6) is 0 Å². The molecule has 0 unspecified atom stereocenters. The van der Waals surface area contributed by atoms with Crippen LogP contribution in [0.2, 0.25) is 0 Å². The second kappa shape index (κ2) is 10.9. The molecule has 4 nitrogen and oxygen atoms in total. The van der Waals surface area contributed by atoms with Crippen molar-refractivity contribution < 1.29 is 0 Å². The second-order valence-electron chi connectivity index (χ2n) is 11.4. The lowest BCUT2D eigenvalue weighted by molar-refractivity contribution is 0.254. The van der Waals surface area contributed by atoms with Crippen LogP contribution in [-0.4, -0.2) is 18.3 Å². The van der Waals surface area contributed by atoms with E-state index in [1.54, 1.807) is 7.05 Å². The van der Waals surface area contributed by atoms with Gasteiger partial charge in [0.05, 0.1) is 5.71 Å². The van der Waals surface area contributed by atoms with Crippen LogP contribution in [0.25, 0.3) is 11.1 Å². The molecule has 4 aromatic carbocycles. The average molecular weight is 505 g/mol. The van der Waals surface area contributed by atoms with Crippen molar-refractivity contribution in [3.63, 3.8) is 0 Å². The Kier molecular flexibility index (Phi) is 7.86. The molecule has 4 N–H and O–H groups in total. The van der Waals surface area contributed by atoms with E-state index in [0.29, 0.717) is 0 Å². The number of nitrogens with zero attached hydrogens (tertiary/aromatic N) is 1. The second-order valence-corrected chi connectivity index (χ2v) is 11.4. The lowest BCUT2D eigenvalue weighted by Crippen LogP contribution is -2.44. The number of anilines is 1. The fourth-order valence-corrected chi connectivity index (χ4v) is 4.52. The van der Waals surface area contributed by atoms with Gasteiger partial charge in [0.1, 0.15) is 0 Å². The van der Waals surface area contributed by atoms with Gasteiger partial charge in [-0.3, -0.25) is 16.3 Å². The van der Waals surface area contributed by atoms with E-state index < -0.39 is 5.54 Å². The molecule has 1 aliphatic heterocycles. The van der Waals surface area contributed by atoms with Crippen LogP contribution in [-0.2, 0) is 5.54 Å². The summed E-state index contributed by atoms with van der Waals surface area (Å²) >= 11 is 0. The highest BCUT2D eigenvalue weighted by atomic mass is 15.2. The maximum atomic E-state index is 5.21. The molecule has 38 heavy (non-hydrogen) atoms. The van der Waals surface area contributed by atoms with Gasteiger partial charge in [-0.2, -0.15) is 0 Å². The molecule has 0 spiro atoms. The minimum absolute atomic E-state index is 0.0881. The molecule has 1 aliphatic rings. The molecule has 4 heteroatoms. The van der Waals surface area contributed by atoms with Gasteiger partial charge in [0.15, 0.2) is 5.54 Å². The molecule has 4 aromatic rings. The molecule has 0 fully saturated rings. The van der Waals surface area contributed by atoms with Crippen LogP contribution >= 0.6 is 0 Å². The lowest BCUT2D eigenvalue weighted by atomic mass is 9.76. The van der Waals surface area contributed by atoms with Crippen molar-refractivity contribution in [1.29, 1.82) is 0 Å². The number of nitrogens with two attached hydrogens (primary N) is 1. The van der Waals surface area contributed by atoms with E-state index in [-0.39, 0.29) is 11.0 Å². The number of hydrazine groups is 1. The van der Waals surface area contributed by atoms with Crippen molar-refractivity contribution >= 4 is 11.4 Å². The highest BCUT2D eigenvalue weighted by Crippen LogP contribution is 2.49. The van der Waals surface area contributed by atoms with Gasteiger partial charge in [0.25, 0.3) is 0 Å². The van der Waals surface area contributed by atoms with E-state index in [1.165, 1.54) is 22.3 Å². The minimum atomic E-state index is -0.436. The van der Waals surface area contributed by atoms with Crippen LogP contribution in [0.4, 0.5) is 5.69 Å². The zero-order valence-corrected chi connectivity index (χ0v) is 23.4. The SMILES string of the molecule is CC(C)(C)C(C)(C)Nc1cc(C2=NC2(c2ccccc2)c2ccccc2)cc(-c2ccccc2)c1.CNN. The summed E-state index contributed by atoms with van der Waals surface area (Å²) in [5.74, 6) is 4.60. The fourth-order valence-electron chi connectivity index (χ4n) is 4.52. The predicted molar refractivity (Wildman–Crippen MR) is 162 cm³/mol. The van der Waals surface area contributed by atoms with E-state index in [4.69, 9.17) is 4.99 Å². The van der Waals surface area contributed by atoms with Crippen LogP contribution in [0.15, 0.2) is 114 Å². The number of hydrogen-bond donors (Lipinski definition) is 3. The van der Waals surface area contributed by atoms with Gasteiger partial charge in [-0.05, 0) is 66.8 Å². The first-order chi connectivity index (χ1) is 18.1. The summed E-state index contributed by atoms with van der Waals surface area (Å²) in [5.41, 5.74) is 10.0. The van der Waals surface area contributed by atoms with E-state index in [9.17, 15) is 0 Å². The normalized spacial score (nSPS) is 14.1. The molecular weight excluding hydrogens is 464 g/mol. The van der Waals surface area contributed by atoms with Crippen LogP contribution in [0.1, 0.15) is 51.3 Å². The zero-order valence-electron chi connectivity index (χ0n) is 23.4. The molecule has 0 radical (unpaired) electrons. The van der Waals surface area contributed by atoms with Crippen LogP contribution in [0.3, 0.4) is 0 Å². The van der Waals surface area contributed by atoms with E-state index >= 15 is 0 Å². The maximum absolute atomic E-state index is 5.21. The predicted octanol–water partition coefficient (Wildman–Crippen LogP) is 7.42. The zero-order chi connectivity index (χ0) is 27.4. The molecule has 0 atom stereocenters. The Morgan fingerprint density at radius 3 is 1.55 bits per heavy atom. The van der Waals surface area contributed by atoms with Gasteiger partial charge in [-0.25, -0.2) is 0 Å². The number of nitrogens with one attached hydrogen (secondary N) is 2. The molecule has 1 heterocycles. The van der Waals surface area contributed by atoms with Crippen LogP contribution < -0.4 is 16.6 Å². The molecule has 0 saturated heterocycles. The minimum Gasteiger partial charge on any atom is -0.380 e. The van der Waals surface area contributed by atoms with Gasteiger partial charge >= 0.3 is 0 Å². The number of benzene rings is 4. The number of rotatable bonds is 6. The average Bonchev–Trinajstić information content (AvgIpc) is 3.67. The summed E-state index contributed by atoms with van der Waals surface area (Å²) in [4.78, 5) is 5.21. The fraction of sp³-hybridized carbons (Fsp3) is 0.265. The quantitative estimate of drug-likeness (QED) is 0.189. The summed E-state index contributed by atoms with van der Waals surface area (Å²) in [6.45, 7) is 11.4. The smallest absolute Gasteiger partial charge is 0.153 e. The lowest BCUT2D eigenvalue weighted by Gasteiger charge is -2.40. The van der Waals surface area contributed by atoms with Crippen molar-refractivity contribution in [3.8, 4) is 11.1 Å². The van der Waals surface area contributed by atoms with Crippen LogP contribution in [0, 0.1) is 5.41 Å². The van der Waals surface area contributed by atoms with E-state index in [1.807, 2.05) is 0 Å². The van der Waals surface area contributed by atoms with Gasteiger partial charge in [0, 0.05) is 16.8 Å². The van der Waals surface area contributed by atoms with Crippen molar-refractivity contribution in [2.75, 3.05) is 12.4 Å². The molecule has 5 rings (SSSR count). The summed E-state index contributed by atoms with van der Waals surface area (Å²) in [7, 11) is 1.65. The Bertz CT molecular complexity index is 1330. The largest absolute Gasteiger partial charge is 0.380 e. The van der Waals surface area contributed by atoms with Crippen molar-refractivity contribution in [3.05, 3.63) is 126 Å². The Morgan fingerprint density at radius 2 is 1.08 bits per heavy atom. The first-order valence-electron chi connectivity index (χ1n) is 13.2. The first-order valence-corrected chi connectivity index (χ1v) is 13.2. The number of aliphatic imine (C=N–C) groups is 1. The summed E-state index contributed by atoms with van der Waals surface area (Å²) in [6.07, 6.45) is 0. The summed E-state index contributed by atoms with van der Waals surface area (Å²) in [5, 5.41) is 3.84. The molecule has 0 bridgehead atoms. The highest BCUT2D eigenvalue weighted by Gasteiger charge is 2.51. The van der Waals surface area contributed by atoms with Crippen molar-refractivity contribution in [2.24, 2.45) is 16.3 Å². The number of hydrogen-bond acceptors (Lipinski definition) is 4. The summed E-state index contributed by atoms with van der Waals surface area (Å²) < 4.78 is 0. The molecule has 0 aliphatic carbocycles. The molecule has 196 valence electrons. The van der Waals surface area contributed by atoms with Crippen molar-refractivity contribution in [1.82, 2.24) is 5.43 Å². The third-order valence-corrected chi connectivity index (χ3v) is 7.60. The topological polar surface area (TPSA) is 62.4 Å². The van der Waals surface area contributed by atoms with E-state index in [2.05, 4.69) is 160 Å². The third-order valence-electron chi connectivity index (χ3n) is 7.60. The van der Waals surface area contributed by atoms with Gasteiger partial charge in [-0.15, -0.1) is 0 Å². The molecule has 0 aromatic heterocycles. The Labute approximate surface area is 228 Å². The first kappa shape index (κ1) is 27.3. The molecule has 0 saturated carbocycles. The van der Waals surface area contributed by atoms with Gasteiger partial charge < -0.3 is 5.32 Å². The Hall–Kier alpha value is -3.73. The standard InChI is InChI=1S/C33H34N2.CH6N2/c1-31(2,3)32(4,5)34-29-22-25(24-15-9-6-10-16-24)21-26(23-29)30-33(35-30,27-17-11-7-12-18-27)28-19-13-8-14-20-28;1-3-2/h6-23,34H,1-5H3;3H,2H2,1H3. The van der Waals surface area contributed by atoms with Gasteiger partial charge in [-0.1, -0.05) is 112 Å². The Morgan fingerprint density at radius 1 is 0.632 bits per heavy atom. The Balaban J connectivity index is 0.00000107.